The van der Waals surface area contributed by atoms with Gasteiger partial charge in [0.05, 0.1) is 5.02 Å². The zero-order chi connectivity index (χ0) is 19.1. The highest BCUT2D eigenvalue weighted by Crippen LogP contribution is 2.28. The fraction of sp³-hybridized carbons (Fsp3) is 0.176. The monoisotopic (exact) mass is 400 g/mol. The molecule has 0 spiro atoms. The van der Waals surface area contributed by atoms with Crippen molar-refractivity contribution in [3.05, 3.63) is 58.3 Å². The molecular formula is C17H15Cl2FN2O4. The molecule has 0 aliphatic heterocycles. The summed E-state index contributed by atoms with van der Waals surface area (Å²) in [7, 11) is 0. The molecule has 6 nitrogen and oxygen atoms in total. The molecule has 2 N–H and O–H groups in total. The van der Waals surface area contributed by atoms with E-state index in [4.69, 9.17) is 32.7 Å². The van der Waals surface area contributed by atoms with Crippen LogP contribution in [-0.2, 0) is 9.59 Å². The van der Waals surface area contributed by atoms with Crippen LogP contribution in [0.5, 0.6) is 11.5 Å². The lowest BCUT2D eigenvalue weighted by atomic mass is 10.3. The summed E-state index contributed by atoms with van der Waals surface area (Å²) >= 11 is 11.7. The summed E-state index contributed by atoms with van der Waals surface area (Å²) in [6.45, 7) is 1.00. The summed E-state index contributed by atoms with van der Waals surface area (Å²) in [5.41, 5.74) is 4.32. The molecule has 2 rings (SSSR count). The van der Waals surface area contributed by atoms with Crippen LogP contribution >= 0.6 is 23.2 Å². The van der Waals surface area contributed by atoms with Crippen LogP contribution in [0.25, 0.3) is 0 Å². The number of carbonyl (C=O) groups excluding carboxylic acids is 2. The molecule has 0 aliphatic rings. The van der Waals surface area contributed by atoms with E-state index in [-0.39, 0.29) is 16.5 Å². The van der Waals surface area contributed by atoms with Crippen LogP contribution in [0.1, 0.15) is 6.92 Å². The SMILES string of the molecule is C[C@@H](Oc1ccc(Cl)cc1Cl)C(=O)NNC(=O)COc1ccccc1F. The predicted molar refractivity (Wildman–Crippen MR) is 94.7 cm³/mol. The highest BCUT2D eigenvalue weighted by atomic mass is 35.5. The minimum absolute atomic E-state index is 0.0666. The normalized spacial score (nSPS) is 11.4. The van der Waals surface area contributed by atoms with E-state index >= 15 is 0 Å². The van der Waals surface area contributed by atoms with Crippen LogP contribution < -0.4 is 20.3 Å². The van der Waals surface area contributed by atoms with Crippen molar-refractivity contribution in [2.45, 2.75) is 13.0 Å². The minimum atomic E-state index is -0.943. The second-order valence-electron chi connectivity index (χ2n) is 5.09. The first kappa shape index (κ1) is 19.8. The highest BCUT2D eigenvalue weighted by molar-refractivity contribution is 6.35. The summed E-state index contributed by atoms with van der Waals surface area (Å²) in [6.07, 6.45) is -0.943. The van der Waals surface area contributed by atoms with Gasteiger partial charge >= 0.3 is 0 Å². The maximum absolute atomic E-state index is 13.4. The third-order valence-electron chi connectivity index (χ3n) is 3.09. The Morgan fingerprint density at radius 1 is 1.12 bits per heavy atom. The molecule has 26 heavy (non-hydrogen) atoms. The standard InChI is InChI=1S/C17H15Cl2FN2O4/c1-10(26-14-7-6-11(18)8-12(14)19)17(24)22-21-16(23)9-25-15-5-3-2-4-13(15)20/h2-8,10H,9H2,1H3,(H,21,23)(H,22,24)/t10-/m1/s1. The lowest BCUT2D eigenvalue weighted by molar-refractivity contribution is -0.133. The van der Waals surface area contributed by atoms with Crippen molar-refractivity contribution in [1.82, 2.24) is 10.9 Å². The predicted octanol–water partition coefficient (Wildman–Crippen LogP) is 3.13. The number of amides is 2. The number of ether oxygens (including phenoxy) is 2. The van der Waals surface area contributed by atoms with E-state index < -0.39 is 30.3 Å². The zero-order valence-corrected chi connectivity index (χ0v) is 15.1. The fourth-order valence-corrected chi connectivity index (χ4v) is 2.24. The number of carbonyl (C=O) groups is 2. The molecule has 0 heterocycles. The van der Waals surface area contributed by atoms with Crippen LogP contribution in [0.4, 0.5) is 4.39 Å². The first-order valence-corrected chi connectivity index (χ1v) is 8.20. The van der Waals surface area contributed by atoms with E-state index in [0.717, 1.165) is 0 Å². The molecule has 2 aromatic carbocycles. The molecule has 1 atom stereocenters. The smallest absolute Gasteiger partial charge is 0.279 e. The fourth-order valence-electron chi connectivity index (χ4n) is 1.79. The van der Waals surface area contributed by atoms with Gasteiger partial charge in [0.15, 0.2) is 24.3 Å². The zero-order valence-electron chi connectivity index (χ0n) is 13.6. The summed E-state index contributed by atoms with van der Waals surface area (Å²) in [5.74, 6) is -1.67. The van der Waals surface area contributed by atoms with Gasteiger partial charge in [0.25, 0.3) is 11.8 Å². The number of nitrogens with one attached hydrogen (secondary N) is 2. The minimum Gasteiger partial charge on any atom is -0.481 e. The topological polar surface area (TPSA) is 76.7 Å². The Labute approximate surface area is 159 Å². The largest absolute Gasteiger partial charge is 0.481 e. The Morgan fingerprint density at radius 2 is 1.85 bits per heavy atom. The molecule has 0 saturated heterocycles. The molecule has 0 fully saturated rings. The summed E-state index contributed by atoms with van der Waals surface area (Å²) in [4.78, 5) is 23.6. The van der Waals surface area contributed by atoms with Crippen molar-refractivity contribution in [3.8, 4) is 11.5 Å². The van der Waals surface area contributed by atoms with Crippen LogP contribution in [0, 0.1) is 5.82 Å². The van der Waals surface area contributed by atoms with Gasteiger partial charge < -0.3 is 9.47 Å². The van der Waals surface area contributed by atoms with Gasteiger partial charge in [0.1, 0.15) is 5.75 Å². The number of hydrazine groups is 1. The molecule has 0 aliphatic carbocycles. The Kier molecular flexibility index (Phi) is 7.06. The number of benzene rings is 2. The van der Waals surface area contributed by atoms with Gasteiger partial charge in [-0.3, -0.25) is 20.4 Å². The molecule has 2 aromatic rings. The molecule has 2 amide bonds. The molecule has 0 saturated carbocycles. The van der Waals surface area contributed by atoms with Crippen molar-refractivity contribution in [2.24, 2.45) is 0 Å². The molecule has 138 valence electrons. The van der Waals surface area contributed by atoms with Gasteiger partial charge in [-0.1, -0.05) is 35.3 Å². The molecule has 9 heteroatoms. The van der Waals surface area contributed by atoms with Gasteiger partial charge in [0.2, 0.25) is 0 Å². The lowest BCUT2D eigenvalue weighted by Gasteiger charge is -2.16. The third kappa shape index (κ3) is 5.79. The van der Waals surface area contributed by atoms with Crippen LogP contribution in [0.15, 0.2) is 42.5 Å². The Bertz CT molecular complexity index is 804. The lowest BCUT2D eigenvalue weighted by Crippen LogP contribution is -2.48. The second kappa shape index (κ2) is 9.26. The first-order chi connectivity index (χ1) is 12.4. The maximum atomic E-state index is 13.4. The number of para-hydroxylation sites is 1. The van der Waals surface area contributed by atoms with Crippen LogP contribution in [0.3, 0.4) is 0 Å². The highest BCUT2D eigenvalue weighted by Gasteiger charge is 2.17. The average molecular weight is 401 g/mol. The molecular weight excluding hydrogens is 386 g/mol. The van der Waals surface area contributed by atoms with Crippen molar-refractivity contribution in [1.29, 1.82) is 0 Å². The Morgan fingerprint density at radius 3 is 2.54 bits per heavy atom. The van der Waals surface area contributed by atoms with Crippen molar-refractivity contribution < 1.29 is 23.5 Å². The van der Waals surface area contributed by atoms with E-state index in [1.54, 1.807) is 12.1 Å². The van der Waals surface area contributed by atoms with Gasteiger partial charge in [-0.15, -0.1) is 0 Å². The van der Waals surface area contributed by atoms with Crippen LogP contribution in [-0.4, -0.2) is 24.5 Å². The number of halogens is 3. The third-order valence-corrected chi connectivity index (χ3v) is 3.62. The van der Waals surface area contributed by atoms with Crippen molar-refractivity contribution in [3.63, 3.8) is 0 Å². The summed E-state index contributed by atoms with van der Waals surface area (Å²) in [5, 5.41) is 0.682. The molecule has 0 radical (unpaired) electrons. The Hall–Kier alpha value is -2.51. The first-order valence-electron chi connectivity index (χ1n) is 7.44. The van der Waals surface area contributed by atoms with E-state index in [2.05, 4.69) is 10.9 Å². The number of hydrogen-bond donors (Lipinski definition) is 2. The number of rotatable bonds is 6. The van der Waals surface area contributed by atoms with Gasteiger partial charge in [-0.2, -0.15) is 0 Å². The van der Waals surface area contributed by atoms with E-state index in [1.165, 1.54) is 37.3 Å². The van der Waals surface area contributed by atoms with E-state index in [1.807, 2.05) is 0 Å². The van der Waals surface area contributed by atoms with Gasteiger partial charge in [0, 0.05) is 5.02 Å². The van der Waals surface area contributed by atoms with Crippen molar-refractivity contribution in [2.75, 3.05) is 6.61 Å². The van der Waals surface area contributed by atoms with Gasteiger partial charge in [-0.05, 0) is 37.3 Å². The van der Waals surface area contributed by atoms with E-state index in [9.17, 15) is 14.0 Å². The number of hydrogen-bond acceptors (Lipinski definition) is 4. The maximum Gasteiger partial charge on any atom is 0.279 e. The van der Waals surface area contributed by atoms with Gasteiger partial charge in [-0.25, -0.2) is 4.39 Å². The average Bonchev–Trinajstić information content (AvgIpc) is 2.61. The van der Waals surface area contributed by atoms with Crippen LogP contribution in [0.2, 0.25) is 10.0 Å². The van der Waals surface area contributed by atoms with E-state index in [0.29, 0.717) is 5.02 Å². The summed E-state index contributed by atoms with van der Waals surface area (Å²) in [6, 6.07) is 10.2. The molecule has 0 unspecified atom stereocenters. The second-order valence-corrected chi connectivity index (χ2v) is 5.93. The molecule has 0 aromatic heterocycles. The Balaban J connectivity index is 1.78. The quantitative estimate of drug-likeness (QED) is 0.730. The summed E-state index contributed by atoms with van der Waals surface area (Å²) < 4.78 is 23.8. The van der Waals surface area contributed by atoms with Crippen molar-refractivity contribution >= 4 is 35.0 Å². The molecule has 0 bridgehead atoms.